The maximum Gasteiger partial charge on any atom is 0.142 e. The number of hydrogen-bond donors (Lipinski definition) is 2. The predicted molar refractivity (Wildman–Crippen MR) is 123 cm³/mol. The van der Waals surface area contributed by atoms with Gasteiger partial charge in [0.25, 0.3) is 0 Å². The minimum Gasteiger partial charge on any atom is -0.497 e. The summed E-state index contributed by atoms with van der Waals surface area (Å²) in [5.74, 6) is 3.21. The summed E-state index contributed by atoms with van der Waals surface area (Å²) >= 11 is 0. The molecule has 0 radical (unpaired) electrons. The lowest BCUT2D eigenvalue weighted by Gasteiger charge is -2.02. The molecule has 3 heterocycles. The van der Waals surface area contributed by atoms with Crippen molar-refractivity contribution in [3.63, 3.8) is 0 Å². The highest BCUT2D eigenvalue weighted by molar-refractivity contribution is 5.99. The minimum absolute atomic E-state index is 0.583. The molecule has 0 atom stereocenters. The SMILES string of the molecule is COc1ccc2c(-c3nc(-c4c(C5CC5)[nH]c5ccc(OC)cc45)cn3C)c[nH]c2c1. The fourth-order valence-corrected chi connectivity index (χ4v) is 4.53. The zero-order valence-corrected chi connectivity index (χ0v) is 17.8. The molecule has 0 spiro atoms. The number of fused-ring (bicyclic) bond motifs is 2. The number of aromatic nitrogens is 4. The molecule has 2 N–H and O–H groups in total. The number of aromatic amines is 2. The Balaban J connectivity index is 1.53. The summed E-state index contributed by atoms with van der Waals surface area (Å²) in [6, 6.07) is 12.3. The minimum atomic E-state index is 0.583. The fraction of sp³-hybridized carbons (Fsp3) is 0.240. The lowest BCUT2D eigenvalue weighted by atomic mass is 10.1. The van der Waals surface area contributed by atoms with Crippen LogP contribution in [0, 0.1) is 0 Å². The Labute approximate surface area is 179 Å². The second-order valence-electron chi connectivity index (χ2n) is 8.27. The van der Waals surface area contributed by atoms with Gasteiger partial charge in [0.1, 0.15) is 17.3 Å². The van der Waals surface area contributed by atoms with E-state index >= 15 is 0 Å². The van der Waals surface area contributed by atoms with Crippen LogP contribution in [0.25, 0.3) is 44.5 Å². The van der Waals surface area contributed by atoms with Gasteiger partial charge in [-0.25, -0.2) is 4.98 Å². The normalized spacial score (nSPS) is 13.9. The number of H-pyrrole nitrogens is 2. The number of nitrogens with zero attached hydrogens (tertiary/aromatic N) is 2. The van der Waals surface area contributed by atoms with Gasteiger partial charge in [-0.3, -0.25) is 0 Å². The van der Waals surface area contributed by atoms with Gasteiger partial charge in [-0.15, -0.1) is 0 Å². The van der Waals surface area contributed by atoms with Crippen LogP contribution in [-0.2, 0) is 7.05 Å². The molecule has 2 aromatic carbocycles. The highest BCUT2D eigenvalue weighted by atomic mass is 16.5. The molecular formula is C25H24N4O2. The van der Waals surface area contributed by atoms with Crippen LogP contribution in [0.4, 0.5) is 0 Å². The Hall–Kier alpha value is -3.67. The van der Waals surface area contributed by atoms with Gasteiger partial charge in [-0.1, -0.05) is 0 Å². The van der Waals surface area contributed by atoms with Crippen LogP contribution in [-0.4, -0.2) is 33.7 Å². The molecule has 1 aliphatic carbocycles. The maximum atomic E-state index is 5.50. The van der Waals surface area contributed by atoms with Crippen molar-refractivity contribution in [2.75, 3.05) is 14.2 Å². The van der Waals surface area contributed by atoms with Crippen LogP contribution in [0.5, 0.6) is 11.5 Å². The van der Waals surface area contributed by atoms with Crippen molar-refractivity contribution >= 4 is 21.8 Å². The van der Waals surface area contributed by atoms with Gasteiger partial charge < -0.3 is 24.0 Å². The maximum absolute atomic E-state index is 5.50. The van der Waals surface area contributed by atoms with Crippen LogP contribution in [0.1, 0.15) is 24.5 Å². The lowest BCUT2D eigenvalue weighted by molar-refractivity contribution is 0.415. The first-order valence-electron chi connectivity index (χ1n) is 10.5. The fourth-order valence-electron chi connectivity index (χ4n) is 4.53. The molecule has 1 saturated carbocycles. The van der Waals surface area contributed by atoms with E-state index in [2.05, 4.69) is 46.0 Å². The molecule has 156 valence electrons. The predicted octanol–water partition coefficient (Wildman–Crippen LogP) is 5.61. The first-order valence-corrected chi connectivity index (χ1v) is 10.5. The Morgan fingerprint density at radius 3 is 2.52 bits per heavy atom. The van der Waals surface area contributed by atoms with E-state index in [-0.39, 0.29) is 0 Å². The number of ether oxygens (including phenoxy) is 2. The molecule has 1 fully saturated rings. The van der Waals surface area contributed by atoms with Crippen LogP contribution >= 0.6 is 0 Å². The zero-order valence-electron chi connectivity index (χ0n) is 17.8. The lowest BCUT2D eigenvalue weighted by Crippen LogP contribution is -1.90. The molecule has 5 aromatic rings. The number of aryl methyl sites for hydroxylation is 1. The third-order valence-corrected chi connectivity index (χ3v) is 6.28. The van der Waals surface area contributed by atoms with E-state index in [9.17, 15) is 0 Å². The molecule has 0 aliphatic heterocycles. The second-order valence-corrected chi connectivity index (χ2v) is 8.27. The summed E-state index contributed by atoms with van der Waals surface area (Å²) in [5.41, 5.74) is 6.72. The van der Waals surface area contributed by atoms with Crippen molar-refractivity contribution in [2.24, 2.45) is 7.05 Å². The summed E-state index contributed by atoms with van der Waals surface area (Å²) < 4.78 is 13.0. The third-order valence-electron chi connectivity index (χ3n) is 6.28. The molecule has 6 rings (SSSR count). The molecule has 6 nitrogen and oxygen atoms in total. The van der Waals surface area contributed by atoms with Crippen LogP contribution in [0.15, 0.2) is 48.8 Å². The summed E-state index contributed by atoms with van der Waals surface area (Å²) in [7, 11) is 5.45. The largest absolute Gasteiger partial charge is 0.497 e. The second kappa shape index (κ2) is 6.67. The summed E-state index contributed by atoms with van der Waals surface area (Å²) in [6.45, 7) is 0. The molecular weight excluding hydrogens is 388 g/mol. The molecule has 6 heteroatoms. The molecule has 0 unspecified atom stereocenters. The van der Waals surface area contributed by atoms with Crippen LogP contribution in [0.2, 0.25) is 0 Å². The molecule has 0 amide bonds. The summed E-state index contributed by atoms with van der Waals surface area (Å²) in [6.07, 6.45) is 6.60. The average Bonchev–Trinajstić information content (AvgIpc) is 3.29. The number of hydrogen-bond acceptors (Lipinski definition) is 3. The van der Waals surface area contributed by atoms with Gasteiger partial charge in [-0.05, 0) is 49.1 Å². The van der Waals surface area contributed by atoms with Crippen molar-refractivity contribution in [3.05, 3.63) is 54.5 Å². The van der Waals surface area contributed by atoms with Crippen molar-refractivity contribution < 1.29 is 9.47 Å². The van der Waals surface area contributed by atoms with Crippen molar-refractivity contribution in [1.82, 2.24) is 19.5 Å². The van der Waals surface area contributed by atoms with Crippen molar-refractivity contribution in [1.29, 1.82) is 0 Å². The van der Waals surface area contributed by atoms with E-state index in [4.69, 9.17) is 14.5 Å². The van der Waals surface area contributed by atoms with Crippen LogP contribution in [0.3, 0.4) is 0 Å². The third kappa shape index (κ3) is 2.82. The highest BCUT2D eigenvalue weighted by Gasteiger charge is 2.30. The van der Waals surface area contributed by atoms with Gasteiger partial charge in [0.2, 0.25) is 0 Å². The Bertz CT molecular complexity index is 1440. The quantitative estimate of drug-likeness (QED) is 0.394. The topological polar surface area (TPSA) is 67.9 Å². The zero-order chi connectivity index (χ0) is 21.1. The number of methoxy groups -OCH3 is 2. The van der Waals surface area contributed by atoms with Crippen LogP contribution < -0.4 is 9.47 Å². The van der Waals surface area contributed by atoms with Gasteiger partial charge in [0, 0.05) is 64.1 Å². The van der Waals surface area contributed by atoms with Gasteiger partial charge in [0.05, 0.1) is 19.9 Å². The number of rotatable bonds is 5. The number of nitrogens with one attached hydrogen (secondary N) is 2. The Morgan fingerprint density at radius 2 is 1.74 bits per heavy atom. The standard InChI is InChI=1S/C25H24N4O2/c1-29-13-22(28-25(29)19-12-26-21-11-16(31-3)6-8-17(19)21)23-18-10-15(30-2)7-9-20(18)27-24(23)14-4-5-14/h6-14,26-27H,4-5H2,1-3H3. The first kappa shape index (κ1) is 18.1. The Kier molecular flexibility index (Phi) is 3.90. The monoisotopic (exact) mass is 412 g/mol. The summed E-state index contributed by atoms with van der Waals surface area (Å²) in [5, 5.41) is 2.29. The van der Waals surface area contributed by atoms with E-state index in [1.54, 1.807) is 14.2 Å². The van der Waals surface area contributed by atoms with E-state index in [0.717, 1.165) is 50.4 Å². The highest BCUT2D eigenvalue weighted by Crippen LogP contribution is 2.47. The van der Waals surface area contributed by atoms with Crippen molar-refractivity contribution in [2.45, 2.75) is 18.8 Å². The molecule has 0 bridgehead atoms. The number of imidazole rings is 1. The first-order chi connectivity index (χ1) is 15.2. The molecule has 31 heavy (non-hydrogen) atoms. The average molecular weight is 412 g/mol. The van der Waals surface area contributed by atoms with Gasteiger partial charge in [-0.2, -0.15) is 0 Å². The van der Waals surface area contributed by atoms with Gasteiger partial charge >= 0.3 is 0 Å². The molecule has 1 aliphatic rings. The van der Waals surface area contributed by atoms with E-state index in [1.807, 2.05) is 24.4 Å². The molecule has 3 aromatic heterocycles. The van der Waals surface area contributed by atoms with E-state index in [0.29, 0.717) is 5.92 Å². The van der Waals surface area contributed by atoms with Crippen molar-refractivity contribution in [3.8, 4) is 34.1 Å². The van der Waals surface area contributed by atoms with E-state index in [1.165, 1.54) is 24.1 Å². The smallest absolute Gasteiger partial charge is 0.142 e. The number of benzene rings is 2. The summed E-state index contributed by atoms with van der Waals surface area (Å²) in [4.78, 5) is 12.1. The molecule has 0 saturated heterocycles. The Morgan fingerprint density at radius 1 is 0.968 bits per heavy atom. The van der Waals surface area contributed by atoms with Gasteiger partial charge in [0.15, 0.2) is 0 Å². The van der Waals surface area contributed by atoms with E-state index < -0.39 is 0 Å².